The number of allylic oxidation sites excluding steroid dienone is 1. The van der Waals surface area contributed by atoms with Crippen molar-refractivity contribution in [3.63, 3.8) is 0 Å². The Morgan fingerprint density at radius 1 is 0.917 bits per heavy atom. The summed E-state index contributed by atoms with van der Waals surface area (Å²) in [6.45, 7) is 6.16. The Hall–Kier alpha value is -4.59. The number of nitrogens with one attached hydrogen (secondary N) is 1. The second-order valence-corrected chi connectivity index (χ2v) is 8.89. The fourth-order valence-electron chi connectivity index (χ4n) is 4.59. The Labute approximate surface area is 208 Å². The van der Waals surface area contributed by atoms with E-state index < -0.39 is 6.04 Å². The van der Waals surface area contributed by atoms with Crippen LogP contribution in [0.3, 0.4) is 0 Å². The zero-order valence-corrected chi connectivity index (χ0v) is 20.1. The van der Waals surface area contributed by atoms with E-state index in [4.69, 9.17) is 19.0 Å². The molecule has 8 nitrogen and oxygen atoms in total. The molecule has 3 heterocycles. The Balaban J connectivity index is 1.50. The van der Waals surface area contributed by atoms with Crippen LogP contribution in [-0.2, 0) is 0 Å². The summed E-state index contributed by atoms with van der Waals surface area (Å²) in [5, 5.41) is 7.38. The third kappa shape index (κ3) is 3.67. The maximum atomic E-state index is 13.5. The first kappa shape index (κ1) is 21.9. The second kappa shape index (κ2) is 8.57. The van der Waals surface area contributed by atoms with Crippen LogP contribution in [0.15, 0.2) is 77.0 Å². The first-order chi connectivity index (χ1) is 17.5. The number of urea groups is 1. The van der Waals surface area contributed by atoms with Gasteiger partial charge in [0.15, 0.2) is 11.5 Å². The highest BCUT2D eigenvalue weighted by atomic mass is 16.7. The molecule has 0 saturated carbocycles. The SMILES string of the molecule is CC1=C(c2nc(-c3ccccc3)no2)C(c2ccc(C)c(C)c2)NC(=O)N1c1ccc2c(c1)OCO2. The van der Waals surface area contributed by atoms with Crippen molar-refractivity contribution in [3.05, 3.63) is 95.0 Å². The molecule has 0 saturated heterocycles. The average molecular weight is 481 g/mol. The molecule has 0 bridgehead atoms. The maximum absolute atomic E-state index is 13.5. The normalized spacial score (nSPS) is 16.9. The largest absolute Gasteiger partial charge is 0.454 e. The van der Waals surface area contributed by atoms with Crippen LogP contribution in [0.2, 0.25) is 0 Å². The molecule has 2 amide bonds. The van der Waals surface area contributed by atoms with E-state index >= 15 is 0 Å². The van der Waals surface area contributed by atoms with Gasteiger partial charge in [0.1, 0.15) is 0 Å². The molecule has 4 aromatic rings. The fourth-order valence-corrected chi connectivity index (χ4v) is 4.59. The van der Waals surface area contributed by atoms with Crippen LogP contribution < -0.4 is 19.7 Å². The Bertz CT molecular complexity index is 1510. The quantitative estimate of drug-likeness (QED) is 0.398. The number of anilines is 1. The topological polar surface area (TPSA) is 89.7 Å². The van der Waals surface area contributed by atoms with Gasteiger partial charge in [0, 0.05) is 17.3 Å². The van der Waals surface area contributed by atoms with E-state index in [1.165, 1.54) is 5.56 Å². The zero-order chi connectivity index (χ0) is 24.8. The number of hydrogen-bond acceptors (Lipinski definition) is 6. The molecule has 0 spiro atoms. The number of carbonyl (C=O) groups excluding carboxylic acids is 1. The summed E-state index contributed by atoms with van der Waals surface area (Å²) < 4.78 is 16.8. The van der Waals surface area contributed by atoms with Gasteiger partial charge in [-0.1, -0.05) is 53.7 Å². The molecule has 1 aromatic heterocycles. The lowest BCUT2D eigenvalue weighted by Gasteiger charge is -2.35. The summed E-state index contributed by atoms with van der Waals surface area (Å²) in [5.74, 6) is 2.07. The average Bonchev–Trinajstić information content (AvgIpc) is 3.56. The number of nitrogens with zero attached hydrogens (tertiary/aromatic N) is 3. The van der Waals surface area contributed by atoms with Gasteiger partial charge in [0.25, 0.3) is 5.89 Å². The Morgan fingerprint density at radius 2 is 1.72 bits per heavy atom. The molecule has 1 unspecified atom stereocenters. The lowest BCUT2D eigenvalue weighted by atomic mass is 9.92. The van der Waals surface area contributed by atoms with Crippen molar-refractivity contribution in [1.29, 1.82) is 0 Å². The van der Waals surface area contributed by atoms with Gasteiger partial charge >= 0.3 is 6.03 Å². The number of carbonyl (C=O) groups is 1. The summed E-state index contributed by atoms with van der Waals surface area (Å²) >= 11 is 0. The molecular formula is C28H24N4O4. The van der Waals surface area contributed by atoms with Crippen LogP contribution in [0.5, 0.6) is 11.5 Å². The molecule has 0 fully saturated rings. The third-order valence-corrected chi connectivity index (χ3v) is 6.65. The molecule has 180 valence electrons. The van der Waals surface area contributed by atoms with Crippen molar-refractivity contribution in [3.8, 4) is 22.9 Å². The van der Waals surface area contributed by atoms with Crippen molar-refractivity contribution >= 4 is 17.3 Å². The number of amides is 2. The van der Waals surface area contributed by atoms with E-state index in [1.807, 2.05) is 49.4 Å². The molecule has 0 aliphatic carbocycles. The standard InChI is InChI=1S/C28H24N4O4/c1-16-9-10-20(13-17(16)2)25-24(27-30-26(31-36-27)19-7-5-4-6-8-19)18(3)32(28(33)29-25)21-11-12-22-23(14-21)35-15-34-22/h4-14,25H,15H2,1-3H3,(H,29,33). The molecule has 3 aromatic carbocycles. The smallest absolute Gasteiger partial charge is 0.327 e. The third-order valence-electron chi connectivity index (χ3n) is 6.65. The first-order valence-corrected chi connectivity index (χ1v) is 11.7. The molecule has 8 heteroatoms. The lowest BCUT2D eigenvalue weighted by Crippen LogP contribution is -2.46. The first-order valence-electron chi connectivity index (χ1n) is 11.7. The van der Waals surface area contributed by atoms with Gasteiger partial charge in [-0.15, -0.1) is 0 Å². The van der Waals surface area contributed by atoms with Crippen LogP contribution in [0, 0.1) is 13.8 Å². The Morgan fingerprint density at radius 3 is 2.53 bits per heavy atom. The van der Waals surface area contributed by atoms with Crippen molar-refractivity contribution in [1.82, 2.24) is 15.5 Å². The molecule has 2 aliphatic rings. The highest BCUT2D eigenvalue weighted by Gasteiger charge is 2.37. The number of hydrogen-bond donors (Lipinski definition) is 1. The number of rotatable bonds is 4. The van der Waals surface area contributed by atoms with Gasteiger partial charge in [-0.25, -0.2) is 4.79 Å². The van der Waals surface area contributed by atoms with E-state index in [-0.39, 0.29) is 12.8 Å². The molecule has 6 rings (SSSR count). The summed E-state index contributed by atoms with van der Waals surface area (Å²) in [6, 6.07) is 20.5. The minimum absolute atomic E-state index is 0.157. The number of fused-ring (bicyclic) bond motifs is 1. The highest BCUT2D eigenvalue weighted by molar-refractivity contribution is 6.01. The van der Waals surface area contributed by atoms with Crippen molar-refractivity contribution < 1.29 is 18.8 Å². The lowest BCUT2D eigenvalue weighted by molar-refractivity contribution is 0.174. The van der Waals surface area contributed by atoms with Crippen LogP contribution in [0.4, 0.5) is 10.5 Å². The number of aryl methyl sites for hydroxylation is 2. The van der Waals surface area contributed by atoms with Gasteiger partial charge in [0.2, 0.25) is 12.6 Å². The minimum Gasteiger partial charge on any atom is -0.454 e. The van der Waals surface area contributed by atoms with Crippen molar-refractivity contribution in [2.75, 3.05) is 11.7 Å². The van der Waals surface area contributed by atoms with Crippen LogP contribution in [0.25, 0.3) is 17.0 Å². The molecule has 0 radical (unpaired) electrons. The molecule has 36 heavy (non-hydrogen) atoms. The van der Waals surface area contributed by atoms with E-state index in [1.54, 1.807) is 17.0 Å². The Kier molecular flexibility index (Phi) is 5.21. The van der Waals surface area contributed by atoms with Crippen LogP contribution in [0.1, 0.15) is 35.5 Å². The maximum Gasteiger partial charge on any atom is 0.327 e. The molecule has 2 aliphatic heterocycles. The van der Waals surface area contributed by atoms with Crippen LogP contribution in [-0.4, -0.2) is 23.0 Å². The van der Waals surface area contributed by atoms with E-state index in [0.717, 1.165) is 22.3 Å². The number of aromatic nitrogens is 2. The van der Waals surface area contributed by atoms with E-state index in [0.29, 0.717) is 34.6 Å². The second-order valence-electron chi connectivity index (χ2n) is 8.89. The van der Waals surface area contributed by atoms with Gasteiger partial charge < -0.3 is 19.3 Å². The van der Waals surface area contributed by atoms with Crippen molar-refractivity contribution in [2.45, 2.75) is 26.8 Å². The van der Waals surface area contributed by atoms with Crippen LogP contribution >= 0.6 is 0 Å². The number of ether oxygens (including phenoxy) is 2. The van der Waals surface area contributed by atoms with Gasteiger partial charge in [-0.3, -0.25) is 4.90 Å². The molecule has 1 N–H and O–H groups in total. The summed E-state index contributed by atoms with van der Waals surface area (Å²) in [6.07, 6.45) is 0. The summed E-state index contributed by atoms with van der Waals surface area (Å²) in [7, 11) is 0. The predicted octanol–water partition coefficient (Wildman–Crippen LogP) is 5.78. The minimum atomic E-state index is -0.467. The highest BCUT2D eigenvalue weighted by Crippen LogP contribution is 2.42. The number of benzene rings is 3. The fraction of sp³-hybridized carbons (Fsp3) is 0.179. The monoisotopic (exact) mass is 480 g/mol. The zero-order valence-electron chi connectivity index (χ0n) is 20.1. The molecular weight excluding hydrogens is 456 g/mol. The van der Waals surface area contributed by atoms with E-state index in [2.05, 4.69) is 36.5 Å². The van der Waals surface area contributed by atoms with Gasteiger partial charge in [0.05, 0.1) is 17.3 Å². The predicted molar refractivity (Wildman–Crippen MR) is 135 cm³/mol. The van der Waals surface area contributed by atoms with Gasteiger partial charge in [-0.05, 0) is 49.6 Å². The summed E-state index contributed by atoms with van der Waals surface area (Å²) in [5.41, 5.74) is 6.15. The van der Waals surface area contributed by atoms with Crippen molar-refractivity contribution in [2.24, 2.45) is 0 Å². The van der Waals surface area contributed by atoms with Gasteiger partial charge in [-0.2, -0.15) is 4.98 Å². The van der Waals surface area contributed by atoms with E-state index in [9.17, 15) is 4.79 Å². The molecule has 1 atom stereocenters. The summed E-state index contributed by atoms with van der Waals surface area (Å²) in [4.78, 5) is 19.8.